The minimum Gasteiger partial charge on any atom is -0.381 e. The van der Waals surface area contributed by atoms with Crippen molar-refractivity contribution in [2.24, 2.45) is 0 Å². The standard InChI is InChI=1S/C22H22F2N6O/c1-13(21-15(23)10-16-14(22(21)24)4-3-7-25-16)17-11-26-18-5-6-19(27-30(17)18)29-9-8-28(2)20(31)12-29/h3-6,10-11,13,25H,7-9,12H2,1-2H3/t13-/m1/s1. The smallest absolute Gasteiger partial charge is 0.241 e. The van der Waals surface area contributed by atoms with Crippen molar-refractivity contribution < 1.29 is 13.6 Å². The van der Waals surface area contributed by atoms with E-state index in [9.17, 15) is 9.18 Å². The molecule has 0 radical (unpaired) electrons. The molecule has 0 bridgehead atoms. The van der Waals surface area contributed by atoms with E-state index in [4.69, 9.17) is 0 Å². The van der Waals surface area contributed by atoms with Crippen molar-refractivity contribution in [3.63, 3.8) is 0 Å². The average molecular weight is 424 g/mol. The van der Waals surface area contributed by atoms with Crippen LogP contribution in [0.25, 0.3) is 11.7 Å². The number of aromatic nitrogens is 3. The van der Waals surface area contributed by atoms with Gasteiger partial charge in [0, 0.05) is 49.4 Å². The summed E-state index contributed by atoms with van der Waals surface area (Å²) in [5.41, 5.74) is 1.93. The van der Waals surface area contributed by atoms with Gasteiger partial charge in [0.15, 0.2) is 5.65 Å². The van der Waals surface area contributed by atoms with Crippen molar-refractivity contribution in [3.05, 3.63) is 58.9 Å². The van der Waals surface area contributed by atoms with Crippen LogP contribution >= 0.6 is 0 Å². The number of nitrogens with zero attached hydrogens (tertiary/aromatic N) is 5. The number of carbonyl (C=O) groups is 1. The Labute approximate surface area is 178 Å². The fraction of sp³-hybridized carbons (Fsp3) is 0.318. The Morgan fingerprint density at radius 3 is 2.87 bits per heavy atom. The molecule has 160 valence electrons. The van der Waals surface area contributed by atoms with Gasteiger partial charge in [0.2, 0.25) is 5.91 Å². The Bertz CT molecular complexity index is 1220. The number of imidazole rings is 1. The number of likely N-dealkylation sites (N-methyl/N-ethyl adjacent to an activating group) is 1. The first-order chi connectivity index (χ1) is 14.9. The summed E-state index contributed by atoms with van der Waals surface area (Å²) in [5.74, 6) is -1.16. The normalized spacial score (nSPS) is 17.1. The zero-order valence-electron chi connectivity index (χ0n) is 17.3. The van der Waals surface area contributed by atoms with Gasteiger partial charge in [0.05, 0.1) is 18.4 Å². The number of amides is 1. The van der Waals surface area contributed by atoms with Crippen LogP contribution in [-0.4, -0.2) is 58.6 Å². The van der Waals surface area contributed by atoms with E-state index < -0.39 is 17.6 Å². The van der Waals surface area contributed by atoms with Gasteiger partial charge in [0.25, 0.3) is 0 Å². The van der Waals surface area contributed by atoms with Crippen LogP contribution in [0.3, 0.4) is 0 Å². The SMILES string of the molecule is C[C@@H](c1c(F)cc2c(c1F)C=CCN2)c1cnc2ccc(N3CCN(C)C(=O)C3)nn12. The highest BCUT2D eigenvalue weighted by Gasteiger charge is 2.27. The van der Waals surface area contributed by atoms with Gasteiger partial charge < -0.3 is 15.1 Å². The molecule has 2 aliphatic rings. The topological polar surface area (TPSA) is 65.8 Å². The lowest BCUT2D eigenvalue weighted by Gasteiger charge is -2.32. The molecule has 7 nitrogen and oxygen atoms in total. The van der Waals surface area contributed by atoms with Crippen molar-refractivity contribution in [3.8, 4) is 0 Å². The summed E-state index contributed by atoms with van der Waals surface area (Å²) in [6, 6.07) is 4.95. The molecule has 3 aromatic rings. The van der Waals surface area contributed by atoms with Gasteiger partial charge >= 0.3 is 0 Å². The highest BCUT2D eigenvalue weighted by atomic mass is 19.1. The van der Waals surface area contributed by atoms with Crippen LogP contribution in [0.4, 0.5) is 20.3 Å². The molecule has 1 amide bonds. The van der Waals surface area contributed by atoms with Gasteiger partial charge in [-0.1, -0.05) is 19.1 Å². The van der Waals surface area contributed by atoms with Gasteiger partial charge in [0.1, 0.15) is 17.5 Å². The summed E-state index contributed by atoms with van der Waals surface area (Å²) in [4.78, 5) is 20.0. The summed E-state index contributed by atoms with van der Waals surface area (Å²) >= 11 is 0. The van der Waals surface area contributed by atoms with E-state index in [1.54, 1.807) is 47.8 Å². The number of fused-ring (bicyclic) bond motifs is 2. The Hall–Kier alpha value is -3.49. The second-order valence-electron chi connectivity index (χ2n) is 7.93. The number of benzene rings is 1. The van der Waals surface area contributed by atoms with Crippen LogP contribution in [0.15, 0.2) is 30.5 Å². The van der Waals surface area contributed by atoms with Gasteiger partial charge in [-0.3, -0.25) is 4.79 Å². The molecule has 1 saturated heterocycles. The summed E-state index contributed by atoms with van der Waals surface area (Å²) < 4.78 is 31.8. The molecule has 0 aliphatic carbocycles. The second-order valence-corrected chi connectivity index (χ2v) is 7.93. The van der Waals surface area contributed by atoms with Crippen LogP contribution in [0.5, 0.6) is 0 Å². The van der Waals surface area contributed by atoms with Crippen LogP contribution in [0, 0.1) is 11.6 Å². The lowest BCUT2D eigenvalue weighted by atomic mass is 9.93. The van der Waals surface area contributed by atoms with Crippen molar-refractivity contribution >= 4 is 29.1 Å². The molecular weight excluding hydrogens is 402 g/mol. The summed E-state index contributed by atoms with van der Waals surface area (Å²) in [6.07, 6.45) is 5.07. The molecule has 1 aromatic carbocycles. The number of hydrogen-bond donors (Lipinski definition) is 1. The lowest BCUT2D eigenvalue weighted by Crippen LogP contribution is -2.48. The van der Waals surface area contributed by atoms with Crippen LogP contribution < -0.4 is 10.2 Å². The lowest BCUT2D eigenvalue weighted by molar-refractivity contribution is -0.129. The highest BCUT2D eigenvalue weighted by molar-refractivity contribution is 5.82. The third-order valence-electron chi connectivity index (χ3n) is 6.02. The number of piperazine rings is 1. The highest BCUT2D eigenvalue weighted by Crippen LogP contribution is 2.35. The van der Waals surface area contributed by atoms with Gasteiger partial charge in [-0.05, 0) is 18.2 Å². The van der Waals surface area contributed by atoms with E-state index in [-0.39, 0.29) is 18.0 Å². The maximum absolute atomic E-state index is 15.3. The minimum atomic E-state index is -0.618. The fourth-order valence-corrected chi connectivity index (χ4v) is 4.15. The van der Waals surface area contributed by atoms with E-state index in [1.807, 2.05) is 11.0 Å². The zero-order valence-corrected chi connectivity index (χ0v) is 17.3. The molecule has 9 heteroatoms. The Morgan fingerprint density at radius 2 is 2.06 bits per heavy atom. The molecule has 2 aliphatic heterocycles. The molecule has 1 atom stereocenters. The average Bonchev–Trinajstić information content (AvgIpc) is 3.19. The summed E-state index contributed by atoms with van der Waals surface area (Å²) in [5, 5.41) is 7.64. The maximum atomic E-state index is 15.3. The van der Waals surface area contributed by atoms with E-state index in [0.717, 1.165) is 0 Å². The molecule has 2 aromatic heterocycles. The first-order valence-corrected chi connectivity index (χ1v) is 10.2. The number of rotatable bonds is 3. The summed E-state index contributed by atoms with van der Waals surface area (Å²) in [6.45, 7) is 3.79. The van der Waals surface area contributed by atoms with Crippen LogP contribution in [-0.2, 0) is 4.79 Å². The third kappa shape index (κ3) is 3.20. The quantitative estimate of drug-likeness (QED) is 0.701. The van der Waals surface area contributed by atoms with Crippen molar-refractivity contribution in [2.45, 2.75) is 12.8 Å². The predicted molar refractivity (Wildman–Crippen MR) is 114 cm³/mol. The third-order valence-corrected chi connectivity index (χ3v) is 6.02. The zero-order chi connectivity index (χ0) is 21.7. The van der Waals surface area contributed by atoms with Gasteiger partial charge in [-0.2, -0.15) is 0 Å². The molecule has 31 heavy (non-hydrogen) atoms. The molecular formula is C22H22F2N6O. The van der Waals surface area contributed by atoms with Crippen LogP contribution in [0.2, 0.25) is 0 Å². The van der Waals surface area contributed by atoms with Crippen LogP contribution in [0.1, 0.15) is 29.7 Å². The largest absolute Gasteiger partial charge is 0.381 e. The van der Waals surface area contributed by atoms with Crippen molar-refractivity contribution in [1.82, 2.24) is 19.5 Å². The molecule has 4 heterocycles. The molecule has 0 spiro atoms. The van der Waals surface area contributed by atoms with Crippen molar-refractivity contribution in [1.29, 1.82) is 0 Å². The number of hydrogen-bond acceptors (Lipinski definition) is 5. The Kier molecular flexibility index (Phi) is 4.60. The number of carbonyl (C=O) groups excluding carboxylic acids is 1. The van der Waals surface area contributed by atoms with Gasteiger partial charge in [-0.25, -0.2) is 18.3 Å². The first-order valence-electron chi connectivity index (χ1n) is 10.2. The van der Waals surface area contributed by atoms with Crippen molar-refractivity contribution in [2.75, 3.05) is 43.4 Å². The molecule has 0 unspecified atom stereocenters. The Morgan fingerprint density at radius 1 is 1.23 bits per heavy atom. The molecule has 0 saturated carbocycles. The van der Waals surface area contributed by atoms with E-state index >= 15 is 4.39 Å². The van der Waals surface area contributed by atoms with E-state index in [1.165, 1.54) is 6.07 Å². The number of nitrogens with one attached hydrogen (secondary N) is 1. The maximum Gasteiger partial charge on any atom is 0.241 e. The fourth-order valence-electron chi connectivity index (χ4n) is 4.15. The molecule has 5 rings (SSSR count). The first kappa shape index (κ1) is 19.5. The minimum absolute atomic E-state index is 0.0177. The number of anilines is 2. The molecule has 1 fully saturated rings. The Balaban J connectivity index is 1.55. The second kappa shape index (κ2) is 7.33. The van der Waals surface area contributed by atoms with E-state index in [2.05, 4.69) is 15.4 Å². The van der Waals surface area contributed by atoms with E-state index in [0.29, 0.717) is 48.0 Å². The monoisotopic (exact) mass is 424 g/mol. The predicted octanol–water partition coefficient (Wildman–Crippen LogP) is 2.88. The summed E-state index contributed by atoms with van der Waals surface area (Å²) in [7, 11) is 1.78. The van der Waals surface area contributed by atoms with Gasteiger partial charge in [-0.15, -0.1) is 5.10 Å². The molecule has 1 N–H and O–H groups in total. The number of halogens is 2.